The van der Waals surface area contributed by atoms with Crippen molar-refractivity contribution >= 4 is 5.78 Å². The highest BCUT2D eigenvalue weighted by Crippen LogP contribution is 2.17. The van der Waals surface area contributed by atoms with Gasteiger partial charge in [-0.3, -0.25) is 0 Å². The lowest BCUT2D eigenvalue weighted by Crippen LogP contribution is -2.21. The Kier molecular flexibility index (Phi) is 7.62. The molecule has 1 rings (SSSR count). The zero-order valence-corrected chi connectivity index (χ0v) is 13.2. The molecule has 0 spiro atoms. The Morgan fingerprint density at radius 2 is 1.63 bits per heavy atom. The number of benzene rings is 1. The highest BCUT2D eigenvalue weighted by atomic mass is 16.3. The van der Waals surface area contributed by atoms with E-state index in [1.54, 1.807) is 6.92 Å². The fourth-order valence-electron chi connectivity index (χ4n) is 1.52. The first-order chi connectivity index (χ1) is 8.65. The molecular formula is C17H28O2. The monoisotopic (exact) mass is 264 g/mol. The van der Waals surface area contributed by atoms with Gasteiger partial charge in [-0.05, 0) is 37.8 Å². The van der Waals surface area contributed by atoms with Crippen molar-refractivity contribution in [2.75, 3.05) is 0 Å². The maximum Gasteiger partial charge on any atom is 0.129 e. The van der Waals surface area contributed by atoms with E-state index in [9.17, 15) is 9.90 Å². The predicted octanol–water partition coefficient (Wildman–Crippen LogP) is 4.11. The molecule has 0 saturated heterocycles. The van der Waals surface area contributed by atoms with Crippen LogP contribution in [0, 0.1) is 0 Å². The lowest BCUT2D eigenvalue weighted by molar-refractivity contribution is -0.116. The summed E-state index contributed by atoms with van der Waals surface area (Å²) in [7, 11) is 0. The second kappa shape index (κ2) is 8.11. The molecule has 0 heterocycles. The average molecular weight is 264 g/mol. The van der Waals surface area contributed by atoms with Crippen molar-refractivity contribution in [2.24, 2.45) is 0 Å². The van der Waals surface area contributed by atoms with Gasteiger partial charge in [0.15, 0.2) is 0 Å². The third kappa shape index (κ3) is 9.43. The molecule has 0 aromatic heterocycles. The minimum atomic E-state index is -0.612. The molecule has 2 heteroatoms. The number of Topliss-reactive ketones (excluding diaryl/α,β-unsaturated/α-hetero) is 1. The Morgan fingerprint density at radius 3 is 1.89 bits per heavy atom. The Bertz CT molecular complexity index is 369. The summed E-state index contributed by atoms with van der Waals surface area (Å²) >= 11 is 0. The smallest absolute Gasteiger partial charge is 0.129 e. The van der Waals surface area contributed by atoms with E-state index in [2.05, 4.69) is 38.1 Å². The van der Waals surface area contributed by atoms with Crippen LogP contribution in [0.3, 0.4) is 0 Å². The molecule has 0 unspecified atom stereocenters. The molecular weight excluding hydrogens is 236 g/mol. The molecule has 2 nitrogen and oxygen atoms in total. The molecule has 1 aromatic carbocycles. The van der Waals surface area contributed by atoms with Crippen molar-refractivity contribution in [3.8, 4) is 0 Å². The first kappa shape index (κ1) is 17.8. The van der Waals surface area contributed by atoms with Crippen LogP contribution >= 0.6 is 0 Å². The molecule has 0 atom stereocenters. The van der Waals surface area contributed by atoms with E-state index in [0.29, 0.717) is 18.8 Å². The van der Waals surface area contributed by atoms with Gasteiger partial charge in [-0.2, -0.15) is 0 Å². The van der Waals surface area contributed by atoms with Crippen molar-refractivity contribution in [3.63, 3.8) is 0 Å². The second-order valence-corrected chi connectivity index (χ2v) is 5.94. The highest BCUT2D eigenvalue weighted by Gasteiger charge is 2.13. The van der Waals surface area contributed by atoms with Gasteiger partial charge in [0, 0.05) is 12.8 Å². The summed E-state index contributed by atoms with van der Waals surface area (Å²) in [6, 6.07) is 8.50. The van der Waals surface area contributed by atoms with Crippen LogP contribution in [-0.2, 0) is 11.2 Å². The minimum Gasteiger partial charge on any atom is -0.390 e. The van der Waals surface area contributed by atoms with E-state index in [4.69, 9.17) is 0 Å². The zero-order chi connectivity index (χ0) is 15.1. The minimum absolute atomic E-state index is 0.255. The van der Waals surface area contributed by atoms with Gasteiger partial charge in [-0.25, -0.2) is 0 Å². The Labute approximate surface area is 117 Å². The van der Waals surface area contributed by atoms with E-state index >= 15 is 0 Å². The topological polar surface area (TPSA) is 37.3 Å². The molecule has 19 heavy (non-hydrogen) atoms. The summed E-state index contributed by atoms with van der Waals surface area (Å²) in [5, 5.41) is 9.65. The van der Waals surface area contributed by atoms with Crippen LogP contribution < -0.4 is 0 Å². The van der Waals surface area contributed by atoms with Gasteiger partial charge in [-0.1, -0.05) is 45.0 Å². The predicted molar refractivity (Wildman–Crippen MR) is 81.5 cm³/mol. The van der Waals surface area contributed by atoms with Crippen molar-refractivity contribution in [2.45, 2.75) is 65.9 Å². The van der Waals surface area contributed by atoms with Gasteiger partial charge in [0.1, 0.15) is 5.78 Å². The molecule has 0 saturated carbocycles. The third-order valence-electron chi connectivity index (χ3n) is 2.78. The number of aliphatic hydroxyl groups is 1. The van der Waals surface area contributed by atoms with E-state index < -0.39 is 5.60 Å². The normalized spacial score (nSPS) is 10.9. The molecule has 0 aliphatic heterocycles. The first-order valence-corrected chi connectivity index (χ1v) is 6.96. The number of rotatable bonds is 4. The number of hydrogen-bond donors (Lipinski definition) is 1. The average Bonchev–Trinajstić information content (AvgIpc) is 2.28. The van der Waals surface area contributed by atoms with Gasteiger partial charge >= 0.3 is 0 Å². The molecule has 0 amide bonds. The number of hydrogen-bond acceptors (Lipinski definition) is 2. The molecule has 0 aliphatic carbocycles. The molecule has 0 bridgehead atoms. The zero-order valence-electron chi connectivity index (χ0n) is 13.2. The maximum atomic E-state index is 9.81. The van der Waals surface area contributed by atoms with E-state index in [1.165, 1.54) is 11.1 Å². The van der Waals surface area contributed by atoms with Crippen LogP contribution in [0.1, 0.15) is 65.0 Å². The van der Waals surface area contributed by atoms with Gasteiger partial charge in [-0.15, -0.1) is 0 Å². The van der Waals surface area contributed by atoms with Gasteiger partial charge in [0.2, 0.25) is 0 Å². The Balaban J connectivity index is 0.000000555. The van der Waals surface area contributed by atoms with Crippen LogP contribution in [0.2, 0.25) is 0 Å². The van der Waals surface area contributed by atoms with Crippen molar-refractivity contribution in [1.29, 1.82) is 0 Å². The largest absolute Gasteiger partial charge is 0.390 e. The standard InChI is InChI=1S/C13H20O.C4H8O/c1-10(2)12-7-5-11(6-8-12)9-13(3,4)14;1-3-4(2)5/h5-8,10,14H,9H2,1-4H3;3H2,1-2H3. The molecule has 0 fully saturated rings. The van der Waals surface area contributed by atoms with Crippen LogP contribution in [0.25, 0.3) is 0 Å². The van der Waals surface area contributed by atoms with Crippen LogP contribution in [-0.4, -0.2) is 16.5 Å². The maximum absolute atomic E-state index is 9.81. The summed E-state index contributed by atoms with van der Waals surface area (Å²) in [4.78, 5) is 9.81. The van der Waals surface area contributed by atoms with Crippen LogP contribution in [0.5, 0.6) is 0 Å². The third-order valence-corrected chi connectivity index (χ3v) is 2.78. The SMILES string of the molecule is CC(C)c1ccc(CC(C)(C)O)cc1.CCC(C)=O. The van der Waals surface area contributed by atoms with Crippen LogP contribution in [0.15, 0.2) is 24.3 Å². The van der Waals surface area contributed by atoms with Gasteiger partial charge in [0.25, 0.3) is 0 Å². The van der Waals surface area contributed by atoms with E-state index in [0.717, 1.165) is 0 Å². The lowest BCUT2D eigenvalue weighted by Gasteiger charge is -2.17. The molecule has 108 valence electrons. The van der Waals surface area contributed by atoms with Crippen molar-refractivity contribution in [3.05, 3.63) is 35.4 Å². The first-order valence-electron chi connectivity index (χ1n) is 6.96. The fraction of sp³-hybridized carbons (Fsp3) is 0.588. The van der Waals surface area contributed by atoms with Crippen LogP contribution in [0.4, 0.5) is 0 Å². The quantitative estimate of drug-likeness (QED) is 0.888. The second-order valence-electron chi connectivity index (χ2n) is 5.94. The number of carbonyl (C=O) groups is 1. The summed E-state index contributed by atoms with van der Waals surface area (Å²) in [6.07, 6.45) is 1.38. The van der Waals surface area contributed by atoms with Gasteiger partial charge in [0.05, 0.1) is 5.60 Å². The number of carbonyl (C=O) groups excluding carboxylic acids is 1. The summed E-state index contributed by atoms with van der Waals surface area (Å²) < 4.78 is 0. The van der Waals surface area contributed by atoms with Crippen molar-refractivity contribution < 1.29 is 9.90 Å². The molecule has 0 radical (unpaired) electrons. The fourth-order valence-corrected chi connectivity index (χ4v) is 1.52. The van der Waals surface area contributed by atoms with E-state index in [-0.39, 0.29) is 5.78 Å². The molecule has 1 aromatic rings. The number of ketones is 1. The lowest BCUT2D eigenvalue weighted by atomic mass is 9.96. The molecule has 0 aliphatic rings. The summed E-state index contributed by atoms with van der Waals surface area (Å²) in [5.41, 5.74) is 1.94. The summed E-state index contributed by atoms with van der Waals surface area (Å²) in [5.74, 6) is 0.830. The Morgan fingerprint density at radius 1 is 1.21 bits per heavy atom. The Hall–Kier alpha value is -1.15. The van der Waals surface area contributed by atoms with E-state index in [1.807, 2.05) is 20.8 Å². The van der Waals surface area contributed by atoms with Crippen molar-refractivity contribution in [1.82, 2.24) is 0 Å². The highest BCUT2D eigenvalue weighted by molar-refractivity contribution is 5.74. The summed E-state index contributed by atoms with van der Waals surface area (Å²) in [6.45, 7) is 11.5. The molecule has 1 N–H and O–H groups in total. The van der Waals surface area contributed by atoms with Gasteiger partial charge < -0.3 is 9.90 Å².